The molecule has 148 valence electrons. The zero-order valence-electron chi connectivity index (χ0n) is 15.0. The first-order valence-corrected chi connectivity index (χ1v) is 9.51. The maximum absolute atomic E-state index is 12.6. The first kappa shape index (κ1) is 19.9. The number of nitrogens with zero attached hydrogens (tertiary/aromatic N) is 2. The summed E-state index contributed by atoms with van der Waals surface area (Å²) in [5, 5.41) is 10.7. The topological polar surface area (TPSA) is 116 Å². The van der Waals surface area contributed by atoms with E-state index in [1.54, 1.807) is 0 Å². The van der Waals surface area contributed by atoms with Crippen LogP contribution in [0.1, 0.15) is 18.4 Å². The third kappa shape index (κ3) is 4.16. The number of non-ortho nitro benzene ring substituents is 1. The molecule has 10 heteroatoms. The summed E-state index contributed by atoms with van der Waals surface area (Å²) in [7, 11) is 1.31. The Balaban J connectivity index is 1.60. The summed E-state index contributed by atoms with van der Waals surface area (Å²) < 4.78 is 9.95. The monoisotopic (exact) mass is 406 g/mol. The van der Waals surface area contributed by atoms with Crippen LogP contribution in [0.2, 0.25) is 0 Å². The van der Waals surface area contributed by atoms with E-state index in [-0.39, 0.29) is 36.6 Å². The van der Waals surface area contributed by atoms with Crippen molar-refractivity contribution in [3.05, 3.63) is 50.9 Å². The minimum Gasteiger partial charge on any atom is -0.469 e. The molecule has 0 aromatic heterocycles. The molecule has 1 fully saturated rings. The van der Waals surface area contributed by atoms with Gasteiger partial charge < -0.3 is 14.4 Å². The van der Waals surface area contributed by atoms with E-state index in [9.17, 15) is 24.5 Å². The van der Waals surface area contributed by atoms with Crippen LogP contribution in [0.4, 0.5) is 5.69 Å². The van der Waals surface area contributed by atoms with Gasteiger partial charge >= 0.3 is 11.9 Å². The van der Waals surface area contributed by atoms with Crippen LogP contribution in [-0.4, -0.2) is 52.6 Å². The van der Waals surface area contributed by atoms with E-state index < -0.39 is 16.9 Å². The minimum absolute atomic E-state index is 0.0490. The number of esters is 2. The van der Waals surface area contributed by atoms with Gasteiger partial charge in [-0.15, -0.1) is 11.8 Å². The van der Waals surface area contributed by atoms with E-state index in [0.29, 0.717) is 22.6 Å². The van der Waals surface area contributed by atoms with Gasteiger partial charge in [-0.05, 0) is 23.8 Å². The number of methoxy groups -OCH3 is 1. The third-order valence-electron chi connectivity index (χ3n) is 4.49. The van der Waals surface area contributed by atoms with Gasteiger partial charge in [-0.1, -0.05) is 0 Å². The molecular weight excluding hydrogens is 388 g/mol. The maximum Gasteiger partial charge on any atom is 0.334 e. The van der Waals surface area contributed by atoms with E-state index >= 15 is 0 Å². The predicted molar refractivity (Wildman–Crippen MR) is 99.1 cm³/mol. The van der Waals surface area contributed by atoms with Gasteiger partial charge in [0.15, 0.2) is 6.04 Å². The van der Waals surface area contributed by atoms with Crippen LogP contribution in [0.15, 0.2) is 35.2 Å². The number of hydrogen-bond acceptors (Lipinski definition) is 8. The lowest BCUT2D eigenvalue weighted by Crippen LogP contribution is -2.55. The summed E-state index contributed by atoms with van der Waals surface area (Å²) >= 11 is 1.33. The Labute approximate surface area is 164 Å². The van der Waals surface area contributed by atoms with E-state index in [1.807, 2.05) is 6.08 Å². The van der Waals surface area contributed by atoms with Gasteiger partial charge in [0.2, 0.25) is 5.91 Å². The van der Waals surface area contributed by atoms with E-state index in [1.165, 1.54) is 48.0 Å². The smallest absolute Gasteiger partial charge is 0.334 e. The van der Waals surface area contributed by atoms with Crippen LogP contribution in [0, 0.1) is 10.1 Å². The summed E-state index contributed by atoms with van der Waals surface area (Å²) in [5.41, 5.74) is 0.555. The van der Waals surface area contributed by atoms with Gasteiger partial charge in [-0.2, -0.15) is 0 Å². The Hall–Kier alpha value is -2.88. The molecule has 2 aliphatic rings. The van der Waals surface area contributed by atoms with Crippen LogP contribution >= 0.6 is 11.8 Å². The van der Waals surface area contributed by atoms with Crippen LogP contribution in [-0.2, 0) is 30.5 Å². The van der Waals surface area contributed by atoms with Crippen molar-refractivity contribution in [2.75, 3.05) is 12.9 Å². The largest absolute Gasteiger partial charge is 0.469 e. The van der Waals surface area contributed by atoms with Crippen molar-refractivity contribution in [1.82, 2.24) is 4.90 Å². The second-order valence-corrected chi connectivity index (χ2v) is 7.42. The molecule has 9 nitrogen and oxygen atoms in total. The summed E-state index contributed by atoms with van der Waals surface area (Å²) in [6.45, 7) is -0.0554. The molecule has 2 heterocycles. The van der Waals surface area contributed by atoms with Gasteiger partial charge in [-0.25, -0.2) is 4.79 Å². The molecular formula is C18H18N2O7S. The predicted octanol–water partition coefficient (Wildman–Crippen LogP) is 1.80. The highest BCUT2D eigenvalue weighted by Gasteiger charge is 2.50. The van der Waals surface area contributed by atoms with Crippen LogP contribution in [0.25, 0.3) is 0 Å². The van der Waals surface area contributed by atoms with Crippen LogP contribution in [0.3, 0.4) is 0 Å². The number of fused-ring (bicyclic) bond motifs is 1. The molecule has 0 saturated carbocycles. The molecule has 3 rings (SSSR count). The van der Waals surface area contributed by atoms with Crippen molar-refractivity contribution < 1.29 is 28.8 Å². The molecule has 1 aromatic carbocycles. The second kappa shape index (κ2) is 8.42. The Bertz CT molecular complexity index is 837. The lowest BCUT2D eigenvalue weighted by Gasteiger charge is -2.38. The first-order chi connectivity index (χ1) is 13.4. The molecule has 1 amide bonds. The summed E-state index contributed by atoms with van der Waals surface area (Å²) in [5.74, 6) is -0.602. The van der Waals surface area contributed by atoms with Gasteiger partial charge in [0.25, 0.3) is 5.69 Å². The Kier molecular flexibility index (Phi) is 5.98. The summed E-state index contributed by atoms with van der Waals surface area (Å²) in [6.07, 6.45) is 2.41. The fourth-order valence-corrected chi connectivity index (χ4v) is 4.13. The highest BCUT2D eigenvalue weighted by Crippen LogP contribution is 2.40. The maximum atomic E-state index is 12.6. The Morgan fingerprint density at radius 3 is 2.64 bits per heavy atom. The number of benzene rings is 1. The van der Waals surface area contributed by atoms with Crippen molar-refractivity contribution in [2.24, 2.45) is 0 Å². The molecule has 2 atom stereocenters. The van der Waals surface area contributed by atoms with Gasteiger partial charge in [-0.3, -0.25) is 19.7 Å². The minimum atomic E-state index is -0.813. The molecule has 1 saturated heterocycles. The molecule has 2 unspecified atom stereocenters. The number of rotatable bonds is 8. The van der Waals surface area contributed by atoms with Gasteiger partial charge in [0, 0.05) is 22.8 Å². The van der Waals surface area contributed by atoms with Crippen LogP contribution < -0.4 is 0 Å². The van der Waals surface area contributed by atoms with Crippen molar-refractivity contribution in [3.8, 4) is 0 Å². The number of hydrogen-bond donors (Lipinski definition) is 0. The number of thioether (sulfide) groups is 1. The number of carbonyl (C=O) groups is 3. The standard InChI is InChI=1S/C18H18N2O7S/c1-26-16(22)6-7-28-14-8-13-9-15(21)19(13)17(14)18(23)27-10-11-2-4-12(5-3-11)20(24)25/h2-5,8,13,17H,6-7,9-10H2,1H3. The third-order valence-corrected chi connectivity index (χ3v) is 5.59. The number of ether oxygens (including phenoxy) is 2. The average molecular weight is 406 g/mol. The van der Waals surface area contributed by atoms with Crippen LogP contribution in [0.5, 0.6) is 0 Å². The highest BCUT2D eigenvalue weighted by molar-refractivity contribution is 8.03. The Morgan fingerprint density at radius 1 is 1.32 bits per heavy atom. The fourth-order valence-electron chi connectivity index (χ4n) is 3.01. The number of nitro benzene ring substituents is 1. The normalized spacial score (nSPS) is 20.1. The zero-order chi connectivity index (χ0) is 20.3. The lowest BCUT2D eigenvalue weighted by atomic mass is 10.0. The van der Waals surface area contributed by atoms with Gasteiger partial charge in [0.1, 0.15) is 6.61 Å². The fraction of sp³-hybridized carbons (Fsp3) is 0.389. The van der Waals surface area contributed by atoms with E-state index in [4.69, 9.17) is 4.74 Å². The molecule has 0 spiro atoms. The average Bonchev–Trinajstić information content (AvgIpc) is 2.98. The second-order valence-electron chi connectivity index (χ2n) is 6.25. The van der Waals surface area contributed by atoms with Gasteiger partial charge in [0.05, 0.1) is 30.9 Å². The highest BCUT2D eigenvalue weighted by atomic mass is 32.2. The molecule has 0 bridgehead atoms. The van der Waals surface area contributed by atoms with Crippen molar-refractivity contribution in [1.29, 1.82) is 0 Å². The van der Waals surface area contributed by atoms with Crippen molar-refractivity contribution >= 4 is 35.3 Å². The van der Waals surface area contributed by atoms with Crippen molar-refractivity contribution in [2.45, 2.75) is 31.5 Å². The molecule has 2 aliphatic heterocycles. The number of carbonyl (C=O) groups excluding carboxylic acids is 3. The first-order valence-electron chi connectivity index (χ1n) is 8.53. The number of nitro groups is 1. The quantitative estimate of drug-likeness (QED) is 0.278. The van der Waals surface area contributed by atoms with E-state index in [0.717, 1.165) is 0 Å². The number of β-lactam (4-membered cyclic amide) rings is 1. The summed E-state index contributed by atoms with van der Waals surface area (Å²) in [4.78, 5) is 48.2. The summed E-state index contributed by atoms with van der Waals surface area (Å²) in [6, 6.07) is 4.76. The van der Waals surface area contributed by atoms with Crippen molar-refractivity contribution in [3.63, 3.8) is 0 Å². The molecule has 0 N–H and O–H groups in total. The van der Waals surface area contributed by atoms with E-state index in [2.05, 4.69) is 4.74 Å². The Morgan fingerprint density at radius 2 is 2.04 bits per heavy atom. The number of amides is 1. The zero-order valence-corrected chi connectivity index (χ0v) is 15.8. The molecule has 1 aromatic rings. The molecule has 28 heavy (non-hydrogen) atoms. The molecule has 0 radical (unpaired) electrons. The lowest BCUT2D eigenvalue weighted by molar-refractivity contribution is -0.384. The SMILES string of the molecule is COC(=O)CCSC1=CC2CC(=O)N2C1C(=O)OCc1ccc([N+](=O)[O-])cc1. The molecule has 0 aliphatic carbocycles.